The number of carbonyl (C=O) groups is 2. The van der Waals surface area contributed by atoms with Gasteiger partial charge in [0.2, 0.25) is 0 Å². The summed E-state index contributed by atoms with van der Waals surface area (Å²) in [5, 5.41) is 12.5. The number of amides is 2. The molecule has 2 aliphatic rings. The van der Waals surface area contributed by atoms with Gasteiger partial charge < -0.3 is 15.3 Å². The number of hydrogen-bond acceptors (Lipinski definition) is 3. The minimum absolute atomic E-state index is 0.00198. The van der Waals surface area contributed by atoms with Gasteiger partial charge in [0, 0.05) is 44.7 Å². The number of likely N-dealkylation sites (tertiary alicyclic amines) is 2. The minimum atomic E-state index is -0.822. The normalized spacial score (nSPS) is 29.6. The summed E-state index contributed by atoms with van der Waals surface area (Å²) in [5.41, 5.74) is -0.822. The van der Waals surface area contributed by atoms with Crippen LogP contribution in [-0.4, -0.2) is 65.7 Å². The lowest BCUT2D eigenvalue weighted by Gasteiger charge is -2.25. The van der Waals surface area contributed by atoms with Crippen LogP contribution in [0.4, 0.5) is 4.79 Å². The summed E-state index contributed by atoms with van der Waals surface area (Å²) in [5.74, 6) is -0.799. The van der Waals surface area contributed by atoms with E-state index in [1.54, 1.807) is 11.0 Å². The molecule has 6 heteroatoms. The number of nitrogens with zero attached hydrogens (tertiary/aromatic N) is 2. The van der Waals surface area contributed by atoms with Gasteiger partial charge >= 0.3 is 12.0 Å². The van der Waals surface area contributed by atoms with Gasteiger partial charge in [-0.05, 0) is 13.8 Å². The summed E-state index contributed by atoms with van der Waals surface area (Å²) in [6.45, 7) is 10.2. The van der Waals surface area contributed by atoms with Crippen LogP contribution in [0.1, 0.15) is 13.8 Å². The number of carboxylic acid groups (broad SMARTS) is 1. The van der Waals surface area contributed by atoms with Crippen LogP contribution in [0, 0.1) is 11.3 Å². The molecule has 2 aliphatic heterocycles. The third kappa shape index (κ3) is 2.52. The van der Waals surface area contributed by atoms with Crippen LogP contribution < -0.4 is 5.32 Å². The maximum absolute atomic E-state index is 12.1. The summed E-state index contributed by atoms with van der Waals surface area (Å²) >= 11 is 0. The molecule has 2 amide bonds. The molecule has 2 fully saturated rings. The van der Waals surface area contributed by atoms with Gasteiger partial charge in [-0.3, -0.25) is 9.69 Å². The molecule has 0 spiro atoms. The molecule has 2 saturated heterocycles. The minimum Gasteiger partial charge on any atom is -0.481 e. The predicted octanol–water partition coefficient (Wildman–Crippen LogP) is 0.609. The van der Waals surface area contributed by atoms with Crippen molar-refractivity contribution in [2.45, 2.75) is 19.9 Å². The molecule has 0 aromatic rings. The van der Waals surface area contributed by atoms with Crippen LogP contribution in [0.3, 0.4) is 0 Å². The van der Waals surface area contributed by atoms with E-state index in [1.807, 2.05) is 13.8 Å². The molecule has 112 valence electrons. The Morgan fingerprint density at radius 2 is 2.15 bits per heavy atom. The van der Waals surface area contributed by atoms with Crippen LogP contribution >= 0.6 is 0 Å². The lowest BCUT2D eigenvalue weighted by Crippen LogP contribution is -2.46. The van der Waals surface area contributed by atoms with Crippen LogP contribution in [-0.2, 0) is 4.79 Å². The Hall–Kier alpha value is -1.56. The first-order chi connectivity index (χ1) is 9.39. The summed E-state index contributed by atoms with van der Waals surface area (Å²) < 4.78 is 0. The molecule has 0 saturated carbocycles. The molecule has 6 nitrogen and oxygen atoms in total. The van der Waals surface area contributed by atoms with Crippen LogP contribution in [0.2, 0.25) is 0 Å². The average molecular weight is 281 g/mol. The number of hydrogen-bond donors (Lipinski definition) is 2. The van der Waals surface area contributed by atoms with E-state index in [1.165, 1.54) is 0 Å². The monoisotopic (exact) mass is 281 g/mol. The van der Waals surface area contributed by atoms with Crippen molar-refractivity contribution in [1.82, 2.24) is 15.1 Å². The third-order valence-corrected chi connectivity index (χ3v) is 4.19. The fourth-order valence-corrected chi connectivity index (χ4v) is 3.29. The molecule has 0 aromatic heterocycles. The van der Waals surface area contributed by atoms with E-state index in [4.69, 9.17) is 0 Å². The van der Waals surface area contributed by atoms with Gasteiger partial charge in [0.15, 0.2) is 0 Å². The van der Waals surface area contributed by atoms with Crippen LogP contribution in [0.25, 0.3) is 0 Å². The second kappa shape index (κ2) is 5.44. The maximum atomic E-state index is 12.1. The molecule has 2 heterocycles. The second-order valence-corrected chi connectivity index (χ2v) is 6.13. The lowest BCUT2D eigenvalue weighted by molar-refractivity contribution is -0.148. The Morgan fingerprint density at radius 3 is 2.65 bits per heavy atom. The van der Waals surface area contributed by atoms with Crippen molar-refractivity contribution in [2.24, 2.45) is 11.3 Å². The highest BCUT2D eigenvalue weighted by atomic mass is 16.4. The molecule has 20 heavy (non-hydrogen) atoms. The van der Waals surface area contributed by atoms with Crippen molar-refractivity contribution < 1.29 is 14.7 Å². The van der Waals surface area contributed by atoms with Crippen molar-refractivity contribution in [2.75, 3.05) is 32.7 Å². The topological polar surface area (TPSA) is 72.9 Å². The molecule has 0 radical (unpaired) electrons. The quantitative estimate of drug-likeness (QED) is 0.741. The molecule has 0 aromatic carbocycles. The van der Waals surface area contributed by atoms with Gasteiger partial charge in [0.25, 0.3) is 0 Å². The molecule has 2 atom stereocenters. The highest BCUT2D eigenvalue weighted by Crippen LogP contribution is 2.42. The third-order valence-electron chi connectivity index (χ3n) is 4.19. The van der Waals surface area contributed by atoms with E-state index < -0.39 is 11.4 Å². The van der Waals surface area contributed by atoms with Crippen molar-refractivity contribution >= 4 is 12.0 Å². The number of aliphatic carboxylic acids is 1. The lowest BCUT2D eigenvalue weighted by atomic mass is 9.81. The molecular weight excluding hydrogens is 258 g/mol. The summed E-state index contributed by atoms with van der Waals surface area (Å²) in [4.78, 5) is 27.5. The van der Waals surface area contributed by atoms with Gasteiger partial charge in [0.05, 0.1) is 0 Å². The first kappa shape index (κ1) is 14.8. The molecule has 2 unspecified atom stereocenters. The zero-order chi connectivity index (χ0) is 14.9. The largest absolute Gasteiger partial charge is 0.481 e. The van der Waals surface area contributed by atoms with Crippen LogP contribution in [0.5, 0.6) is 0 Å². The van der Waals surface area contributed by atoms with Crippen molar-refractivity contribution in [3.8, 4) is 0 Å². The summed E-state index contributed by atoms with van der Waals surface area (Å²) in [7, 11) is 0. The van der Waals surface area contributed by atoms with E-state index in [0.717, 1.165) is 0 Å². The fraction of sp³-hybridized carbons (Fsp3) is 0.714. The van der Waals surface area contributed by atoms with E-state index in [0.29, 0.717) is 32.7 Å². The SMILES string of the molecule is C=CCN1CC2CN(C(=O)NC(C)C)CC2(C(=O)O)C1. The molecule has 2 rings (SSSR count). The number of rotatable bonds is 4. The highest BCUT2D eigenvalue weighted by molar-refractivity contribution is 5.81. The zero-order valence-electron chi connectivity index (χ0n) is 12.1. The fourth-order valence-electron chi connectivity index (χ4n) is 3.29. The Labute approximate surface area is 119 Å². The Kier molecular flexibility index (Phi) is 4.04. The summed E-state index contributed by atoms with van der Waals surface area (Å²) in [6, 6.07) is -0.105. The van der Waals surface area contributed by atoms with Crippen LogP contribution in [0.15, 0.2) is 12.7 Å². The van der Waals surface area contributed by atoms with E-state index in [-0.39, 0.29) is 18.0 Å². The first-order valence-corrected chi connectivity index (χ1v) is 7.01. The Morgan fingerprint density at radius 1 is 1.45 bits per heavy atom. The Balaban J connectivity index is 2.10. The molecule has 0 aliphatic carbocycles. The second-order valence-electron chi connectivity index (χ2n) is 6.13. The van der Waals surface area contributed by atoms with Gasteiger partial charge in [-0.15, -0.1) is 6.58 Å². The van der Waals surface area contributed by atoms with Gasteiger partial charge in [0.1, 0.15) is 5.41 Å². The smallest absolute Gasteiger partial charge is 0.317 e. The maximum Gasteiger partial charge on any atom is 0.317 e. The number of carboxylic acids is 1. The number of fused-ring (bicyclic) bond motifs is 1. The van der Waals surface area contributed by atoms with Gasteiger partial charge in [-0.2, -0.15) is 0 Å². The van der Waals surface area contributed by atoms with E-state index in [9.17, 15) is 14.7 Å². The Bertz CT molecular complexity index is 424. The molecular formula is C14H23N3O3. The zero-order valence-corrected chi connectivity index (χ0v) is 12.1. The van der Waals surface area contributed by atoms with Crippen molar-refractivity contribution in [3.05, 3.63) is 12.7 Å². The number of urea groups is 1. The van der Waals surface area contributed by atoms with E-state index in [2.05, 4.69) is 16.8 Å². The molecule has 2 N–H and O–H groups in total. The van der Waals surface area contributed by atoms with E-state index >= 15 is 0 Å². The first-order valence-electron chi connectivity index (χ1n) is 7.01. The number of nitrogens with one attached hydrogen (secondary N) is 1. The standard InChI is InChI=1S/C14H23N3O3/c1-4-5-16-6-11-7-17(13(20)15-10(2)3)9-14(11,8-16)12(18)19/h4,10-11H,1,5-9H2,2-3H3,(H,15,20)(H,18,19). The molecule has 0 bridgehead atoms. The van der Waals surface area contributed by atoms with Gasteiger partial charge in [-0.25, -0.2) is 4.79 Å². The summed E-state index contributed by atoms with van der Waals surface area (Å²) in [6.07, 6.45) is 1.79. The van der Waals surface area contributed by atoms with Gasteiger partial charge in [-0.1, -0.05) is 6.08 Å². The van der Waals surface area contributed by atoms with Crippen molar-refractivity contribution in [3.63, 3.8) is 0 Å². The average Bonchev–Trinajstić information content (AvgIpc) is 2.82. The highest BCUT2D eigenvalue weighted by Gasteiger charge is 2.58. The van der Waals surface area contributed by atoms with Crippen molar-refractivity contribution in [1.29, 1.82) is 0 Å². The predicted molar refractivity (Wildman–Crippen MR) is 75.4 cm³/mol. The number of carbonyl (C=O) groups excluding carboxylic acids is 1.